The van der Waals surface area contributed by atoms with Gasteiger partial charge in [-0.25, -0.2) is 4.79 Å². The van der Waals surface area contributed by atoms with Gasteiger partial charge in [0.05, 0.1) is 6.04 Å². The summed E-state index contributed by atoms with van der Waals surface area (Å²) < 4.78 is 39.8. The van der Waals surface area contributed by atoms with Gasteiger partial charge >= 0.3 is 16.3 Å². The number of hydrogen-bond acceptors (Lipinski definition) is 5. The largest absolute Gasteiger partial charge is 0.444 e. The van der Waals surface area contributed by atoms with Crippen molar-refractivity contribution >= 4 is 22.2 Å². The van der Waals surface area contributed by atoms with Crippen molar-refractivity contribution in [3.8, 4) is 0 Å². The van der Waals surface area contributed by atoms with E-state index in [-0.39, 0.29) is 32.1 Å². The molecule has 1 unspecified atom stereocenters. The highest BCUT2D eigenvalue weighted by atomic mass is 32.3. The summed E-state index contributed by atoms with van der Waals surface area (Å²) in [7, 11) is -4.71. The smallest absolute Gasteiger partial charge is 0.410 e. The summed E-state index contributed by atoms with van der Waals surface area (Å²) in [5, 5.41) is -1.29. The quantitative estimate of drug-likeness (QED) is 0.692. The van der Waals surface area contributed by atoms with E-state index in [4.69, 9.17) is 4.74 Å². The molecule has 0 aromatic carbocycles. The third-order valence-electron chi connectivity index (χ3n) is 3.48. The van der Waals surface area contributed by atoms with Crippen LogP contribution in [0.4, 0.5) is 8.68 Å². The van der Waals surface area contributed by atoms with Gasteiger partial charge in [-0.05, 0) is 20.8 Å². The molecule has 7 nitrogen and oxygen atoms in total. The molecule has 9 heteroatoms. The lowest BCUT2D eigenvalue weighted by molar-refractivity contribution is -0.132. The highest BCUT2D eigenvalue weighted by molar-refractivity contribution is 7.87. The number of hydrogen-bond donors (Lipinski definition) is 0. The Morgan fingerprint density at radius 1 is 1.29 bits per heavy atom. The predicted octanol–water partition coefficient (Wildman–Crippen LogP) is 0.506. The summed E-state index contributed by atoms with van der Waals surface area (Å²) in [4.78, 5) is 26.2. The zero-order valence-corrected chi connectivity index (χ0v) is 13.0. The number of carbonyl (C=O) groups excluding carboxylic acids is 2. The van der Waals surface area contributed by atoms with Crippen LogP contribution >= 0.6 is 0 Å². The number of nitrogens with zero attached hydrogens (tertiary/aromatic N) is 2. The number of likely N-dealkylation sites (tertiary alicyclic amines) is 2. The van der Waals surface area contributed by atoms with Crippen LogP contribution < -0.4 is 0 Å². The first-order chi connectivity index (χ1) is 9.47. The maximum atomic E-state index is 12.9. The molecule has 0 radical (unpaired) electrons. The normalized spacial score (nSPS) is 24.2. The molecule has 21 heavy (non-hydrogen) atoms. The summed E-state index contributed by atoms with van der Waals surface area (Å²) in [6.07, 6.45) is -0.804. The minimum absolute atomic E-state index is 0.148. The lowest BCUT2D eigenvalue weighted by atomic mass is 10.1. The molecule has 0 bridgehead atoms. The van der Waals surface area contributed by atoms with E-state index >= 15 is 0 Å². The van der Waals surface area contributed by atoms with Crippen LogP contribution in [-0.2, 0) is 19.8 Å². The molecule has 120 valence electrons. The number of rotatable bonds is 2. The Balaban J connectivity index is 1.88. The van der Waals surface area contributed by atoms with Gasteiger partial charge in [0, 0.05) is 26.1 Å². The predicted molar refractivity (Wildman–Crippen MR) is 71.7 cm³/mol. The summed E-state index contributed by atoms with van der Waals surface area (Å²) >= 11 is 0. The number of ether oxygens (including phenoxy) is 1. The van der Waals surface area contributed by atoms with Gasteiger partial charge in [0.2, 0.25) is 5.91 Å². The molecule has 2 amide bonds. The van der Waals surface area contributed by atoms with Gasteiger partial charge in [-0.1, -0.05) is 0 Å². The van der Waals surface area contributed by atoms with Gasteiger partial charge in [-0.3, -0.25) is 4.79 Å². The van der Waals surface area contributed by atoms with Crippen molar-refractivity contribution in [2.24, 2.45) is 0 Å². The zero-order valence-electron chi connectivity index (χ0n) is 12.2. The Morgan fingerprint density at radius 2 is 1.86 bits per heavy atom. The fourth-order valence-electron chi connectivity index (χ4n) is 2.37. The van der Waals surface area contributed by atoms with Gasteiger partial charge in [0.15, 0.2) is 0 Å². The first kappa shape index (κ1) is 16.0. The topological polar surface area (TPSA) is 84.0 Å². The maximum Gasteiger partial charge on any atom is 0.410 e. The fraction of sp³-hybridized carbons (Fsp3) is 0.833. The maximum absolute atomic E-state index is 12.9. The second-order valence-corrected chi connectivity index (χ2v) is 8.00. The molecule has 2 aliphatic rings. The molecule has 2 saturated heterocycles. The van der Waals surface area contributed by atoms with Crippen LogP contribution in [0.5, 0.6) is 0 Å². The van der Waals surface area contributed by atoms with Crippen LogP contribution in [0.3, 0.4) is 0 Å². The molecular formula is C12H19FN2O5S. The Kier molecular flexibility index (Phi) is 3.90. The van der Waals surface area contributed by atoms with Gasteiger partial charge in [-0.2, -0.15) is 8.42 Å². The molecule has 2 heterocycles. The monoisotopic (exact) mass is 322 g/mol. The van der Waals surface area contributed by atoms with E-state index < -0.39 is 33.1 Å². The van der Waals surface area contributed by atoms with E-state index in [0.717, 1.165) is 0 Å². The summed E-state index contributed by atoms with van der Waals surface area (Å²) in [6.45, 7) is 5.67. The van der Waals surface area contributed by atoms with Crippen molar-refractivity contribution in [1.82, 2.24) is 9.80 Å². The molecule has 1 atom stereocenters. The third-order valence-corrected chi connectivity index (χ3v) is 4.59. The van der Waals surface area contributed by atoms with E-state index in [1.165, 1.54) is 9.80 Å². The molecule has 2 rings (SSSR count). The lowest BCUT2D eigenvalue weighted by Crippen LogP contribution is -2.62. The van der Waals surface area contributed by atoms with Crippen molar-refractivity contribution in [1.29, 1.82) is 0 Å². The van der Waals surface area contributed by atoms with Crippen molar-refractivity contribution in [3.63, 3.8) is 0 Å². The molecular weight excluding hydrogens is 303 g/mol. The minimum atomic E-state index is -4.71. The molecule has 0 saturated carbocycles. The Morgan fingerprint density at radius 3 is 2.29 bits per heavy atom. The second-order valence-electron chi connectivity index (χ2n) is 6.39. The summed E-state index contributed by atoms with van der Waals surface area (Å²) in [5.41, 5.74) is -0.598. The van der Waals surface area contributed by atoms with Crippen LogP contribution in [0.2, 0.25) is 0 Å². The van der Waals surface area contributed by atoms with Gasteiger partial charge in [0.25, 0.3) is 0 Å². The van der Waals surface area contributed by atoms with Crippen molar-refractivity contribution < 1.29 is 26.6 Å². The van der Waals surface area contributed by atoms with Crippen LogP contribution in [-0.4, -0.2) is 66.7 Å². The SMILES string of the molecule is CC(C)(C)OC(=O)N1CC(N2CC(S(=O)(=O)F)CC2=O)C1. The first-order valence-corrected chi connectivity index (χ1v) is 8.13. The minimum Gasteiger partial charge on any atom is -0.444 e. The van der Waals surface area contributed by atoms with Crippen molar-refractivity contribution in [2.75, 3.05) is 19.6 Å². The summed E-state index contributed by atoms with van der Waals surface area (Å²) in [6, 6.07) is -0.267. The first-order valence-electron chi connectivity index (χ1n) is 6.68. The highest BCUT2D eigenvalue weighted by Crippen LogP contribution is 2.26. The fourth-order valence-corrected chi connectivity index (χ4v) is 3.05. The van der Waals surface area contributed by atoms with E-state index in [1.807, 2.05) is 0 Å². The Bertz CT molecular complexity index is 550. The third kappa shape index (κ3) is 3.63. The lowest BCUT2D eigenvalue weighted by Gasteiger charge is -2.43. The molecule has 2 aliphatic heterocycles. The molecule has 0 aromatic heterocycles. The number of halogens is 1. The molecule has 0 N–H and O–H groups in total. The van der Waals surface area contributed by atoms with E-state index in [2.05, 4.69) is 0 Å². The molecule has 0 spiro atoms. The summed E-state index contributed by atoms with van der Waals surface area (Å²) in [5.74, 6) is -0.393. The van der Waals surface area contributed by atoms with Crippen molar-refractivity contribution in [2.45, 2.75) is 44.1 Å². The average Bonchev–Trinajstić information content (AvgIpc) is 2.55. The van der Waals surface area contributed by atoms with Gasteiger partial charge < -0.3 is 14.5 Å². The van der Waals surface area contributed by atoms with Crippen LogP contribution in [0.15, 0.2) is 0 Å². The molecule has 2 fully saturated rings. The van der Waals surface area contributed by atoms with E-state index in [0.29, 0.717) is 0 Å². The van der Waals surface area contributed by atoms with Crippen LogP contribution in [0, 0.1) is 0 Å². The van der Waals surface area contributed by atoms with Gasteiger partial charge in [-0.15, -0.1) is 3.89 Å². The average molecular weight is 322 g/mol. The van der Waals surface area contributed by atoms with E-state index in [1.54, 1.807) is 20.8 Å². The Labute approximate surface area is 123 Å². The number of carbonyl (C=O) groups is 2. The van der Waals surface area contributed by atoms with E-state index in [9.17, 15) is 21.9 Å². The molecule has 0 aliphatic carbocycles. The Hall–Kier alpha value is -1.38. The zero-order chi connectivity index (χ0) is 16.0. The molecule has 0 aromatic rings. The second kappa shape index (κ2) is 5.11. The van der Waals surface area contributed by atoms with Gasteiger partial charge in [0.1, 0.15) is 10.9 Å². The van der Waals surface area contributed by atoms with Crippen LogP contribution in [0.1, 0.15) is 27.2 Å². The van der Waals surface area contributed by atoms with Crippen LogP contribution in [0.25, 0.3) is 0 Å². The van der Waals surface area contributed by atoms with Crippen molar-refractivity contribution in [3.05, 3.63) is 0 Å². The highest BCUT2D eigenvalue weighted by Gasteiger charge is 2.46. The standard InChI is InChI=1S/C12H19FN2O5S/c1-12(2,3)20-11(17)14-5-8(6-14)15-7-9(4-10(15)16)21(13,18)19/h8-9H,4-7H2,1-3H3. The number of amides is 2.